The predicted octanol–water partition coefficient (Wildman–Crippen LogP) is 1.06. The van der Waals surface area contributed by atoms with Gasteiger partial charge in [-0.15, -0.1) is 0 Å². The highest BCUT2D eigenvalue weighted by atomic mass is 19.1. The number of halogens is 1. The average molecular weight is 158 g/mol. The number of rotatable bonds is 3. The van der Waals surface area contributed by atoms with Crippen LogP contribution in [0.15, 0.2) is 12.5 Å². The molecule has 1 aromatic heterocycles. The van der Waals surface area contributed by atoms with Crippen LogP contribution >= 0.6 is 0 Å². The van der Waals surface area contributed by atoms with Crippen LogP contribution in [0.1, 0.15) is 6.92 Å². The molecule has 0 saturated carbocycles. The molecule has 0 unspecified atom stereocenters. The molecule has 0 fully saturated rings. The van der Waals surface area contributed by atoms with Crippen molar-refractivity contribution in [2.75, 3.05) is 7.11 Å². The Morgan fingerprint density at radius 2 is 2.55 bits per heavy atom. The van der Waals surface area contributed by atoms with Crippen molar-refractivity contribution in [3.8, 4) is 0 Å². The Kier molecular flexibility index (Phi) is 2.59. The number of aromatic nitrogens is 2. The summed E-state index contributed by atoms with van der Waals surface area (Å²) in [5, 5.41) is 0. The molecule has 0 aliphatic rings. The first kappa shape index (κ1) is 8.20. The van der Waals surface area contributed by atoms with Crippen LogP contribution in [0.3, 0.4) is 0 Å². The number of nitrogens with zero attached hydrogens (tertiary/aromatic N) is 2. The van der Waals surface area contributed by atoms with Gasteiger partial charge in [0, 0.05) is 13.7 Å². The summed E-state index contributed by atoms with van der Waals surface area (Å²) >= 11 is 0. The largest absolute Gasteiger partial charge is 0.380 e. The van der Waals surface area contributed by atoms with E-state index in [0.29, 0.717) is 6.54 Å². The fourth-order valence-corrected chi connectivity index (χ4v) is 0.804. The molecule has 0 N–H and O–H groups in total. The van der Waals surface area contributed by atoms with Gasteiger partial charge >= 0.3 is 0 Å². The Labute approximate surface area is 64.8 Å². The number of ether oxygens (including phenoxy) is 1. The summed E-state index contributed by atoms with van der Waals surface area (Å²) in [4.78, 5) is 3.44. The molecule has 4 heteroatoms. The minimum Gasteiger partial charge on any atom is -0.380 e. The normalized spacial score (nSPS) is 13.4. The lowest BCUT2D eigenvalue weighted by Gasteiger charge is -2.08. The molecule has 0 bridgehead atoms. The zero-order valence-corrected chi connectivity index (χ0v) is 6.62. The van der Waals surface area contributed by atoms with E-state index in [2.05, 4.69) is 4.98 Å². The Morgan fingerprint density at radius 3 is 3.00 bits per heavy atom. The van der Waals surface area contributed by atoms with Crippen LogP contribution < -0.4 is 0 Å². The zero-order chi connectivity index (χ0) is 8.27. The highest BCUT2D eigenvalue weighted by molar-refractivity contribution is 4.79. The second kappa shape index (κ2) is 3.48. The van der Waals surface area contributed by atoms with Crippen molar-refractivity contribution < 1.29 is 9.13 Å². The van der Waals surface area contributed by atoms with Crippen LogP contribution in [-0.4, -0.2) is 22.8 Å². The van der Waals surface area contributed by atoms with E-state index in [-0.39, 0.29) is 6.10 Å². The predicted molar refractivity (Wildman–Crippen MR) is 38.7 cm³/mol. The highest BCUT2D eigenvalue weighted by Crippen LogP contribution is 1.97. The third-order valence-corrected chi connectivity index (χ3v) is 1.47. The van der Waals surface area contributed by atoms with Gasteiger partial charge in [-0.05, 0) is 6.92 Å². The summed E-state index contributed by atoms with van der Waals surface area (Å²) in [6.07, 6.45) is 2.88. The van der Waals surface area contributed by atoms with Crippen LogP contribution in [-0.2, 0) is 11.3 Å². The van der Waals surface area contributed by atoms with E-state index in [9.17, 15) is 4.39 Å². The number of imidazole rings is 1. The maximum absolute atomic E-state index is 12.3. The van der Waals surface area contributed by atoms with Crippen molar-refractivity contribution in [2.24, 2.45) is 0 Å². The molecule has 0 saturated heterocycles. The molecule has 0 aromatic carbocycles. The first-order valence-corrected chi connectivity index (χ1v) is 3.42. The molecule has 0 radical (unpaired) electrons. The molecule has 0 aliphatic carbocycles. The van der Waals surface area contributed by atoms with E-state index in [4.69, 9.17) is 4.74 Å². The van der Waals surface area contributed by atoms with Gasteiger partial charge in [0.2, 0.25) is 5.95 Å². The van der Waals surface area contributed by atoms with Crippen LogP contribution in [0.25, 0.3) is 0 Å². The van der Waals surface area contributed by atoms with Gasteiger partial charge < -0.3 is 9.30 Å². The molecular formula is C7H11FN2O. The SMILES string of the molecule is CO[C@@H](C)Cn1cnc(F)c1. The fraction of sp³-hybridized carbons (Fsp3) is 0.571. The Morgan fingerprint density at radius 1 is 1.82 bits per heavy atom. The molecule has 0 aliphatic heterocycles. The zero-order valence-electron chi connectivity index (χ0n) is 6.62. The van der Waals surface area contributed by atoms with Crippen molar-refractivity contribution in [3.05, 3.63) is 18.5 Å². The van der Waals surface area contributed by atoms with Crippen molar-refractivity contribution >= 4 is 0 Å². The maximum Gasteiger partial charge on any atom is 0.230 e. The molecule has 11 heavy (non-hydrogen) atoms. The van der Waals surface area contributed by atoms with E-state index in [1.165, 1.54) is 12.5 Å². The molecular weight excluding hydrogens is 147 g/mol. The lowest BCUT2D eigenvalue weighted by molar-refractivity contribution is 0.103. The minimum atomic E-state index is -0.451. The minimum absolute atomic E-state index is 0.0867. The molecule has 0 spiro atoms. The second-order valence-corrected chi connectivity index (χ2v) is 2.44. The fourth-order valence-electron chi connectivity index (χ4n) is 0.804. The van der Waals surface area contributed by atoms with Crippen molar-refractivity contribution in [1.29, 1.82) is 0 Å². The molecule has 62 valence electrons. The molecule has 1 atom stereocenters. The molecule has 1 aromatic rings. The van der Waals surface area contributed by atoms with Gasteiger partial charge in [0.05, 0.1) is 18.6 Å². The Hall–Kier alpha value is -0.900. The van der Waals surface area contributed by atoms with Crippen molar-refractivity contribution in [2.45, 2.75) is 19.6 Å². The maximum atomic E-state index is 12.3. The first-order chi connectivity index (χ1) is 5.22. The van der Waals surface area contributed by atoms with Crippen LogP contribution in [0.2, 0.25) is 0 Å². The Bertz CT molecular complexity index is 224. The van der Waals surface area contributed by atoms with Crippen LogP contribution in [0.5, 0.6) is 0 Å². The van der Waals surface area contributed by atoms with E-state index >= 15 is 0 Å². The smallest absolute Gasteiger partial charge is 0.230 e. The van der Waals surface area contributed by atoms with E-state index < -0.39 is 5.95 Å². The third kappa shape index (κ3) is 2.31. The number of hydrogen-bond acceptors (Lipinski definition) is 2. The van der Waals surface area contributed by atoms with Gasteiger partial charge in [0.25, 0.3) is 0 Å². The van der Waals surface area contributed by atoms with Gasteiger partial charge in [-0.3, -0.25) is 0 Å². The standard InChI is InChI=1S/C7H11FN2O/c1-6(11-2)3-10-4-7(8)9-5-10/h4-6H,3H2,1-2H3/t6-/m0/s1. The van der Waals surface area contributed by atoms with Gasteiger partial charge in [-0.2, -0.15) is 4.39 Å². The lowest BCUT2D eigenvalue weighted by Crippen LogP contribution is -2.13. The van der Waals surface area contributed by atoms with Gasteiger partial charge in [0.15, 0.2) is 0 Å². The summed E-state index contributed by atoms with van der Waals surface area (Å²) in [5.41, 5.74) is 0. The van der Waals surface area contributed by atoms with E-state index in [1.54, 1.807) is 11.7 Å². The third-order valence-electron chi connectivity index (χ3n) is 1.47. The van der Waals surface area contributed by atoms with E-state index in [0.717, 1.165) is 0 Å². The number of hydrogen-bond donors (Lipinski definition) is 0. The average Bonchev–Trinajstić information content (AvgIpc) is 2.35. The summed E-state index contributed by atoms with van der Waals surface area (Å²) in [6.45, 7) is 2.55. The van der Waals surface area contributed by atoms with Gasteiger partial charge in [-0.25, -0.2) is 4.98 Å². The second-order valence-electron chi connectivity index (χ2n) is 2.44. The van der Waals surface area contributed by atoms with Gasteiger partial charge in [-0.1, -0.05) is 0 Å². The Balaban J connectivity index is 2.50. The topological polar surface area (TPSA) is 27.1 Å². The van der Waals surface area contributed by atoms with Crippen LogP contribution in [0.4, 0.5) is 4.39 Å². The molecule has 1 heterocycles. The summed E-state index contributed by atoms with van der Waals surface area (Å²) in [5.74, 6) is -0.451. The van der Waals surface area contributed by atoms with Gasteiger partial charge in [0.1, 0.15) is 0 Å². The molecule has 3 nitrogen and oxygen atoms in total. The summed E-state index contributed by atoms with van der Waals surface area (Å²) < 4.78 is 19.0. The quantitative estimate of drug-likeness (QED) is 0.657. The molecule has 0 amide bonds. The summed E-state index contributed by atoms with van der Waals surface area (Å²) in [7, 11) is 1.62. The van der Waals surface area contributed by atoms with E-state index in [1.807, 2.05) is 6.92 Å². The van der Waals surface area contributed by atoms with Crippen molar-refractivity contribution in [3.63, 3.8) is 0 Å². The monoisotopic (exact) mass is 158 g/mol. The van der Waals surface area contributed by atoms with Crippen LogP contribution in [0, 0.1) is 5.95 Å². The first-order valence-electron chi connectivity index (χ1n) is 3.42. The molecule has 1 rings (SSSR count). The number of methoxy groups -OCH3 is 1. The summed E-state index contributed by atoms with van der Waals surface area (Å²) in [6, 6.07) is 0. The van der Waals surface area contributed by atoms with Crippen molar-refractivity contribution in [1.82, 2.24) is 9.55 Å². The lowest BCUT2D eigenvalue weighted by atomic mass is 10.4. The highest BCUT2D eigenvalue weighted by Gasteiger charge is 2.01.